The van der Waals surface area contributed by atoms with Gasteiger partial charge in [0, 0.05) is 17.6 Å². The fourth-order valence-corrected chi connectivity index (χ4v) is 4.52. The molecule has 1 aromatic rings. The van der Waals surface area contributed by atoms with Crippen LogP contribution in [-0.4, -0.2) is 55.5 Å². The number of halogens is 1. The van der Waals surface area contributed by atoms with Crippen LogP contribution in [0.25, 0.3) is 0 Å². The van der Waals surface area contributed by atoms with E-state index in [0.29, 0.717) is 31.0 Å². The van der Waals surface area contributed by atoms with Gasteiger partial charge in [0.05, 0.1) is 25.7 Å². The van der Waals surface area contributed by atoms with Crippen LogP contribution in [0.4, 0.5) is 0 Å². The fraction of sp³-hybridized carbons (Fsp3) is 0.654. The third kappa shape index (κ3) is 9.28. The SMILES string of the molecule is CCCCCCCCCCCCOC(=O)CC1C(=O)NCCN1C(=O)c1cc(Br)ccc1OC. The van der Waals surface area contributed by atoms with Crippen LogP contribution in [0.1, 0.15) is 87.9 Å². The maximum atomic E-state index is 13.2. The molecule has 0 bridgehead atoms. The van der Waals surface area contributed by atoms with Crippen LogP contribution in [0.2, 0.25) is 0 Å². The first-order valence-electron chi connectivity index (χ1n) is 12.6. The Balaban J connectivity index is 1.77. The fourth-order valence-electron chi connectivity index (χ4n) is 4.16. The molecular weight excluding hydrogens is 500 g/mol. The Morgan fingerprint density at radius 1 is 1.06 bits per heavy atom. The van der Waals surface area contributed by atoms with Crippen LogP contribution < -0.4 is 10.1 Å². The van der Waals surface area contributed by atoms with Crippen LogP contribution in [0.3, 0.4) is 0 Å². The molecule has 0 radical (unpaired) electrons. The molecule has 2 rings (SSSR count). The zero-order valence-corrected chi connectivity index (χ0v) is 22.2. The molecule has 1 aliphatic heterocycles. The Bertz CT molecular complexity index is 801. The van der Waals surface area contributed by atoms with E-state index in [2.05, 4.69) is 28.2 Å². The number of hydrogen-bond acceptors (Lipinski definition) is 5. The highest BCUT2D eigenvalue weighted by atomic mass is 79.9. The first-order chi connectivity index (χ1) is 16.5. The molecule has 8 heteroatoms. The molecule has 1 unspecified atom stereocenters. The number of carbonyl (C=O) groups excluding carboxylic acids is 3. The molecular formula is C26H39BrN2O5. The summed E-state index contributed by atoms with van der Waals surface area (Å²) in [6, 6.07) is 4.23. The second kappa shape index (κ2) is 15.7. The van der Waals surface area contributed by atoms with E-state index < -0.39 is 12.0 Å². The largest absolute Gasteiger partial charge is 0.496 e. The predicted molar refractivity (Wildman–Crippen MR) is 136 cm³/mol. The molecule has 0 aliphatic carbocycles. The molecule has 1 atom stereocenters. The molecule has 1 N–H and O–H groups in total. The van der Waals surface area contributed by atoms with Crippen LogP contribution in [0.15, 0.2) is 22.7 Å². The summed E-state index contributed by atoms with van der Waals surface area (Å²) in [4.78, 5) is 39.6. The van der Waals surface area contributed by atoms with Crippen molar-refractivity contribution in [3.63, 3.8) is 0 Å². The Morgan fingerprint density at radius 3 is 2.35 bits per heavy atom. The number of ether oxygens (including phenoxy) is 2. The summed E-state index contributed by atoms with van der Waals surface area (Å²) in [5.74, 6) is -0.733. The van der Waals surface area contributed by atoms with Crippen molar-refractivity contribution in [3.8, 4) is 5.75 Å². The third-order valence-electron chi connectivity index (χ3n) is 6.10. The van der Waals surface area contributed by atoms with Gasteiger partial charge in [0.2, 0.25) is 5.91 Å². The molecule has 0 spiro atoms. The van der Waals surface area contributed by atoms with Gasteiger partial charge in [-0.25, -0.2) is 0 Å². The number of carbonyl (C=O) groups is 3. The lowest BCUT2D eigenvalue weighted by atomic mass is 10.1. The number of amides is 2. The van der Waals surface area contributed by atoms with E-state index in [4.69, 9.17) is 9.47 Å². The molecule has 7 nitrogen and oxygen atoms in total. The smallest absolute Gasteiger partial charge is 0.308 e. The summed E-state index contributed by atoms with van der Waals surface area (Å²) in [7, 11) is 1.49. The van der Waals surface area contributed by atoms with Gasteiger partial charge in [-0.1, -0.05) is 80.6 Å². The van der Waals surface area contributed by atoms with Gasteiger partial charge in [-0.2, -0.15) is 0 Å². The number of piperazine rings is 1. The second-order valence-electron chi connectivity index (χ2n) is 8.76. The van der Waals surface area contributed by atoms with Gasteiger partial charge in [-0.15, -0.1) is 0 Å². The summed E-state index contributed by atoms with van der Waals surface area (Å²) in [5, 5.41) is 2.74. The Kier molecular flexibility index (Phi) is 13.0. The van der Waals surface area contributed by atoms with Crippen molar-refractivity contribution in [1.29, 1.82) is 0 Å². The van der Waals surface area contributed by atoms with Crippen LogP contribution in [0.5, 0.6) is 5.75 Å². The van der Waals surface area contributed by atoms with E-state index in [1.807, 2.05) is 0 Å². The normalized spacial score (nSPS) is 15.7. The predicted octanol–water partition coefficient (Wildman–Crippen LogP) is 5.25. The molecule has 0 aromatic heterocycles. The number of esters is 1. The summed E-state index contributed by atoms with van der Waals surface area (Å²) in [6.07, 6.45) is 11.9. The van der Waals surface area contributed by atoms with E-state index in [0.717, 1.165) is 23.7 Å². The molecule has 1 aromatic carbocycles. The molecule has 2 amide bonds. The number of hydrogen-bond donors (Lipinski definition) is 1. The highest BCUT2D eigenvalue weighted by molar-refractivity contribution is 9.10. The van der Waals surface area contributed by atoms with E-state index in [-0.39, 0.29) is 18.2 Å². The van der Waals surface area contributed by atoms with Crippen LogP contribution >= 0.6 is 15.9 Å². The van der Waals surface area contributed by atoms with E-state index in [1.165, 1.54) is 57.0 Å². The maximum Gasteiger partial charge on any atom is 0.308 e. The average Bonchev–Trinajstić information content (AvgIpc) is 2.83. The molecule has 34 heavy (non-hydrogen) atoms. The average molecular weight is 540 g/mol. The quantitative estimate of drug-likeness (QED) is 0.243. The van der Waals surface area contributed by atoms with Crippen molar-refractivity contribution in [2.24, 2.45) is 0 Å². The zero-order chi connectivity index (χ0) is 24.8. The Labute approximate surface area is 212 Å². The molecule has 190 valence electrons. The number of unbranched alkanes of at least 4 members (excludes halogenated alkanes) is 9. The molecule has 0 saturated carbocycles. The van der Waals surface area contributed by atoms with Crippen LogP contribution in [0, 0.1) is 0 Å². The van der Waals surface area contributed by atoms with Gasteiger partial charge in [-0.05, 0) is 24.6 Å². The van der Waals surface area contributed by atoms with E-state index in [1.54, 1.807) is 18.2 Å². The maximum absolute atomic E-state index is 13.2. The van der Waals surface area contributed by atoms with Crippen molar-refractivity contribution in [3.05, 3.63) is 28.2 Å². The van der Waals surface area contributed by atoms with Gasteiger partial charge < -0.3 is 19.7 Å². The first kappa shape index (κ1) is 28.1. The molecule has 1 aliphatic rings. The van der Waals surface area contributed by atoms with Crippen molar-refractivity contribution >= 4 is 33.7 Å². The monoisotopic (exact) mass is 538 g/mol. The minimum Gasteiger partial charge on any atom is -0.496 e. The minimum atomic E-state index is -0.898. The highest BCUT2D eigenvalue weighted by Crippen LogP contribution is 2.26. The molecule has 1 fully saturated rings. The lowest BCUT2D eigenvalue weighted by Gasteiger charge is -2.34. The zero-order valence-electron chi connectivity index (χ0n) is 20.6. The summed E-state index contributed by atoms with van der Waals surface area (Å²) in [6.45, 7) is 3.23. The lowest BCUT2D eigenvalue weighted by Crippen LogP contribution is -2.57. The van der Waals surface area contributed by atoms with Crippen molar-refractivity contribution in [1.82, 2.24) is 10.2 Å². The van der Waals surface area contributed by atoms with E-state index >= 15 is 0 Å². The van der Waals surface area contributed by atoms with Gasteiger partial charge >= 0.3 is 5.97 Å². The number of methoxy groups -OCH3 is 1. The number of benzene rings is 1. The van der Waals surface area contributed by atoms with Crippen molar-refractivity contribution in [2.45, 2.75) is 83.6 Å². The third-order valence-corrected chi connectivity index (χ3v) is 6.60. The number of nitrogens with one attached hydrogen (secondary N) is 1. The molecule has 1 heterocycles. The first-order valence-corrected chi connectivity index (χ1v) is 13.3. The van der Waals surface area contributed by atoms with E-state index in [9.17, 15) is 14.4 Å². The van der Waals surface area contributed by atoms with Gasteiger partial charge in [-0.3, -0.25) is 14.4 Å². The minimum absolute atomic E-state index is 0.161. The van der Waals surface area contributed by atoms with Crippen molar-refractivity contribution < 1.29 is 23.9 Å². The second-order valence-corrected chi connectivity index (χ2v) is 9.67. The lowest BCUT2D eigenvalue weighted by molar-refractivity contribution is -0.147. The van der Waals surface area contributed by atoms with Gasteiger partial charge in [0.15, 0.2) is 0 Å². The number of nitrogens with zero attached hydrogens (tertiary/aromatic N) is 1. The van der Waals surface area contributed by atoms with Gasteiger partial charge in [0.25, 0.3) is 5.91 Å². The summed E-state index contributed by atoms with van der Waals surface area (Å²) in [5.41, 5.74) is 0.343. The Morgan fingerprint density at radius 2 is 1.71 bits per heavy atom. The standard InChI is InChI=1S/C26H39BrN2O5/c1-3-4-5-6-7-8-9-10-11-12-17-34-24(30)19-22-25(31)28-15-16-29(22)26(32)21-18-20(27)13-14-23(21)33-2/h13-14,18,22H,3-12,15-17,19H2,1-2H3,(H,28,31). The molecule has 1 saturated heterocycles. The van der Waals surface area contributed by atoms with Crippen LogP contribution in [-0.2, 0) is 14.3 Å². The summed E-state index contributed by atoms with van der Waals surface area (Å²) < 4.78 is 11.4. The topological polar surface area (TPSA) is 84.9 Å². The summed E-state index contributed by atoms with van der Waals surface area (Å²) >= 11 is 3.37. The van der Waals surface area contributed by atoms with Gasteiger partial charge in [0.1, 0.15) is 11.8 Å². The highest BCUT2D eigenvalue weighted by Gasteiger charge is 2.36. The number of rotatable bonds is 15. The Hall–Kier alpha value is -2.09. The van der Waals surface area contributed by atoms with Crippen molar-refractivity contribution in [2.75, 3.05) is 26.8 Å².